The molecule has 0 aromatic carbocycles. The highest BCUT2D eigenvalue weighted by molar-refractivity contribution is 4.77. The van der Waals surface area contributed by atoms with Gasteiger partial charge in [0.25, 0.3) is 0 Å². The quantitative estimate of drug-likeness (QED) is 0.749. The van der Waals surface area contributed by atoms with Crippen molar-refractivity contribution in [3.63, 3.8) is 0 Å². The molecule has 1 aliphatic heterocycles. The highest BCUT2D eigenvalue weighted by Gasteiger charge is 2.23. The Morgan fingerprint density at radius 2 is 1.67 bits per heavy atom. The summed E-state index contributed by atoms with van der Waals surface area (Å²) in [7, 11) is 0. The van der Waals surface area contributed by atoms with Crippen LogP contribution in [0.15, 0.2) is 0 Å². The maximum Gasteiger partial charge on any atom is -0.00204 e. The molecule has 1 heterocycles. The molecule has 15 heavy (non-hydrogen) atoms. The number of rotatable bonds is 3. The molecule has 0 amide bonds. The molecule has 1 N–H and O–H groups in total. The van der Waals surface area contributed by atoms with Gasteiger partial charge in [-0.1, -0.05) is 39.0 Å². The fourth-order valence-electron chi connectivity index (χ4n) is 3.47. The smallest absolute Gasteiger partial charge is 0.00204 e. The Bertz CT molecular complexity index is 164. The van der Waals surface area contributed by atoms with Gasteiger partial charge in [0, 0.05) is 0 Å². The predicted octanol–water partition coefficient (Wildman–Crippen LogP) is 3.59. The van der Waals surface area contributed by atoms with Crippen LogP contribution in [0.1, 0.15) is 58.3 Å². The number of hydrogen-bond acceptors (Lipinski definition) is 1. The summed E-state index contributed by atoms with van der Waals surface area (Å²) in [5, 5.41) is 3.54. The minimum absolute atomic E-state index is 1.00. The van der Waals surface area contributed by atoms with Gasteiger partial charge in [0.2, 0.25) is 0 Å². The molecule has 0 aromatic rings. The van der Waals surface area contributed by atoms with Gasteiger partial charge in [0.1, 0.15) is 0 Å². The zero-order valence-electron chi connectivity index (χ0n) is 10.3. The van der Waals surface area contributed by atoms with E-state index in [-0.39, 0.29) is 0 Å². The summed E-state index contributed by atoms with van der Waals surface area (Å²) < 4.78 is 0. The Hall–Kier alpha value is -0.0400. The van der Waals surface area contributed by atoms with Gasteiger partial charge in [-0.2, -0.15) is 0 Å². The van der Waals surface area contributed by atoms with Crippen LogP contribution < -0.4 is 5.32 Å². The maximum absolute atomic E-state index is 3.54. The topological polar surface area (TPSA) is 12.0 Å². The largest absolute Gasteiger partial charge is 0.316 e. The summed E-state index contributed by atoms with van der Waals surface area (Å²) >= 11 is 0. The van der Waals surface area contributed by atoms with E-state index in [4.69, 9.17) is 0 Å². The monoisotopic (exact) mass is 209 g/mol. The van der Waals surface area contributed by atoms with Crippen LogP contribution in [0.2, 0.25) is 0 Å². The highest BCUT2D eigenvalue weighted by atomic mass is 14.9. The summed E-state index contributed by atoms with van der Waals surface area (Å²) in [6.45, 7) is 4.92. The van der Waals surface area contributed by atoms with Gasteiger partial charge in [-0.25, -0.2) is 0 Å². The molecule has 1 saturated heterocycles. The van der Waals surface area contributed by atoms with Gasteiger partial charge >= 0.3 is 0 Å². The van der Waals surface area contributed by atoms with Crippen LogP contribution in [0.25, 0.3) is 0 Å². The van der Waals surface area contributed by atoms with E-state index in [2.05, 4.69) is 12.2 Å². The van der Waals surface area contributed by atoms with Crippen molar-refractivity contribution in [1.29, 1.82) is 0 Å². The molecular formula is C14H27N. The van der Waals surface area contributed by atoms with E-state index in [1.807, 2.05) is 0 Å². The zero-order chi connectivity index (χ0) is 10.5. The molecule has 0 aromatic heterocycles. The molecule has 1 unspecified atom stereocenters. The van der Waals surface area contributed by atoms with Crippen molar-refractivity contribution in [2.24, 2.45) is 17.8 Å². The third kappa shape index (κ3) is 3.48. The van der Waals surface area contributed by atoms with E-state index in [1.54, 1.807) is 0 Å². The van der Waals surface area contributed by atoms with E-state index >= 15 is 0 Å². The molecule has 2 aliphatic rings. The lowest BCUT2D eigenvalue weighted by Crippen LogP contribution is -2.31. The first kappa shape index (κ1) is 11.4. The van der Waals surface area contributed by atoms with Gasteiger partial charge in [-0.3, -0.25) is 0 Å². The second kappa shape index (κ2) is 5.89. The van der Waals surface area contributed by atoms with Gasteiger partial charge in [-0.15, -0.1) is 0 Å². The van der Waals surface area contributed by atoms with E-state index < -0.39 is 0 Å². The predicted molar refractivity (Wildman–Crippen MR) is 65.9 cm³/mol. The molecule has 1 nitrogen and oxygen atoms in total. The Labute approximate surface area is 95.0 Å². The average Bonchev–Trinajstić information content (AvgIpc) is 2.31. The van der Waals surface area contributed by atoms with Crippen molar-refractivity contribution in [2.75, 3.05) is 13.1 Å². The summed E-state index contributed by atoms with van der Waals surface area (Å²) in [6, 6.07) is 0. The van der Waals surface area contributed by atoms with E-state index in [9.17, 15) is 0 Å². The molecular weight excluding hydrogens is 182 g/mol. The first-order chi connectivity index (χ1) is 7.38. The van der Waals surface area contributed by atoms with E-state index in [1.165, 1.54) is 64.5 Å². The van der Waals surface area contributed by atoms with Gasteiger partial charge < -0.3 is 5.32 Å². The van der Waals surface area contributed by atoms with Crippen molar-refractivity contribution < 1.29 is 0 Å². The van der Waals surface area contributed by atoms with Crippen LogP contribution in [0.3, 0.4) is 0 Å². The normalized spacial score (nSPS) is 37.8. The molecule has 2 fully saturated rings. The van der Waals surface area contributed by atoms with Crippen LogP contribution in [-0.4, -0.2) is 13.1 Å². The fraction of sp³-hybridized carbons (Fsp3) is 1.00. The SMILES string of the molecule is CCC1CCC(CC2CCCNC2)CC1. The molecule has 1 heteroatoms. The fourth-order valence-corrected chi connectivity index (χ4v) is 3.47. The number of piperidine rings is 1. The van der Waals surface area contributed by atoms with Gasteiger partial charge in [-0.05, 0) is 50.1 Å². The Morgan fingerprint density at radius 3 is 2.27 bits per heavy atom. The summed E-state index contributed by atoms with van der Waals surface area (Å²) in [4.78, 5) is 0. The van der Waals surface area contributed by atoms with E-state index in [0.29, 0.717) is 0 Å². The van der Waals surface area contributed by atoms with Crippen molar-refractivity contribution in [3.8, 4) is 0 Å². The summed E-state index contributed by atoms with van der Waals surface area (Å²) in [5.74, 6) is 3.13. The summed E-state index contributed by atoms with van der Waals surface area (Å²) in [5.41, 5.74) is 0. The lowest BCUT2D eigenvalue weighted by Gasteiger charge is -2.32. The van der Waals surface area contributed by atoms with Crippen molar-refractivity contribution in [3.05, 3.63) is 0 Å². The van der Waals surface area contributed by atoms with Crippen molar-refractivity contribution in [2.45, 2.75) is 58.3 Å². The standard InChI is InChI=1S/C14H27N/c1-2-12-5-7-13(8-6-12)10-14-4-3-9-15-11-14/h12-15H,2-11H2,1H3. The van der Waals surface area contributed by atoms with Gasteiger partial charge in [0.05, 0.1) is 0 Å². The third-order valence-electron chi connectivity index (χ3n) is 4.61. The number of hydrogen-bond donors (Lipinski definition) is 1. The maximum atomic E-state index is 3.54. The molecule has 1 aliphatic carbocycles. The molecule has 2 rings (SSSR count). The van der Waals surface area contributed by atoms with Crippen molar-refractivity contribution >= 4 is 0 Å². The Morgan fingerprint density at radius 1 is 0.933 bits per heavy atom. The Kier molecular flexibility index (Phi) is 4.49. The molecule has 1 saturated carbocycles. The molecule has 0 radical (unpaired) electrons. The number of nitrogens with one attached hydrogen (secondary N) is 1. The molecule has 88 valence electrons. The molecule has 0 bridgehead atoms. The third-order valence-corrected chi connectivity index (χ3v) is 4.61. The van der Waals surface area contributed by atoms with Crippen LogP contribution >= 0.6 is 0 Å². The zero-order valence-corrected chi connectivity index (χ0v) is 10.3. The van der Waals surface area contributed by atoms with Gasteiger partial charge in [0.15, 0.2) is 0 Å². The molecule has 1 atom stereocenters. The second-order valence-electron chi connectivity index (χ2n) is 5.74. The van der Waals surface area contributed by atoms with E-state index in [0.717, 1.165) is 17.8 Å². The first-order valence-electron chi connectivity index (χ1n) is 7.09. The highest BCUT2D eigenvalue weighted by Crippen LogP contribution is 2.35. The van der Waals surface area contributed by atoms with Crippen LogP contribution in [-0.2, 0) is 0 Å². The first-order valence-corrected chi connectivity index (χ1v) is 7.09. The molecule has 0 spiro atoms. The van der Waals surface area contributed by atoms with Crippen LogP contribution in [0, 0.1) is 17.8 Å². The second-order valence-corrected chi connectivity index (χ2v) is 5.74. The summed E-state index contributed by atoms with van der Waals surface area (Å²) in [6.07, 6.45) is 11.9. The minimum atomic E-state index is 1.00. The average molecular weight is 209 g/mol. The lowest BCUT2D eigenvalue weighted by atomic mass is 9.76. The van der Waals surface area contributed by atoms with Crippen LogP contribution in [0.5, 0.6) is 0 Å². The van der Waals surface area contributed by atoms with Crippen LogP contribution in [0.4, 0.5) is 0 Å². The Balaban J connectivity index is 1.67. The van der Waals surface area contributed by atoms with Crippen molar-refractivity contribution in [1.82, 2.24) is 5.32 Å². The minimum Gasteiger partial charge on any atom is -0.316 e. The lowest BCUT2D eigenvalue weighted by molar-refractivity contribution is 0.215.